The summed E-state index contributed by atoms with van der Waals surface area (Å²) in [6, 6.07) is 0. The molecule has 0 N–H and O–H groups in total. The molecule has 0 aromatic rings. The molecule has 0 radical (unpaired) electrons. The second-order valence-corrected chi connectivity index (χ2v) is 11.2. The van der Waals surface area contributed by atoms with Crippen molar-refractivity contribution in [2.45, 2.75) is 63.6 Å². The van der Waals surface area contributed by atoms with Crippen molar-refractivity contribution in [2.75, 3.05) is 34.9 Å². The highest BCUT2D eigenvalue weighted by Gasteiger charge is 2.82. The molecule has 5 aliphatic rings. The summed E-state index contributed by atoms with van der Waals surface area (Å²) in [5.74, 6) is -0.0356. The van der Waals surface area contributed by atoms with Crippen molar-refractivity contribution in [3.8, 4) is 0 Å². The number of methoxy groups -OCH3 is 3. The van der Waals surface area contributed by atoms with E-state index < -0.39 is 11.0 Å². The van der Waals surface area contributed by atoms with Crippen molar-refractivity contribution in [2.24, 2.45) is 34.0 Å². The standard InChI is InChI=1S/C25H36O7/c1-15-8-24-12-25(15,32-14-29-4)7-6-17(24)23-10-16(31-13-28-3)9-22(2,18(26)11-23)20(23)19(24)21(27)30-5/h16-17,19-20H,1,6-14H2,2-5H3/t16-,17+,19-,20-,22+,23-,24+,25+/m1/s1. The number of carbonyl (C=O) groups excluding carboxylic acids is 2. The largest absolute Gasteiger partial charge is 0.469 e. The molecule has 0 amide bonds. The van der Waals surface area contributed by atoms with Crippen LogP contribution in [0.4, 0.5) is 0 Å². The molecule has 1 spiro atoms. The summed E-state index contributed by atoms with van der Waals surface area (Å²) in [5.41, 5.74) is -0.542. The number of carbonyl (C=O) groups is 2. The Kier molecular flexibility index (Phi) is 5.18. The summed E-state index contributed by atoms with van der Waals surface area (Å²) in [6.07, 6.45) is 5.15. The third-order valence-corrected chi connectivity index (χ3v) is 10.0. The van der Waals surface area contributed by atoms with E-state index in [0.717, 1.165) is 37.7 Å². The highest BCUT2D eigenvalue weighted by Crippen LogP contribution is 2.82. The lowest BCUT2D eigenvalue weighted by atomic mass is 9.57. The first-order chi connectivity index (χ1) is 15.2. The fraction of sp³-hybridized carbons (Fsp3) is 0.840. The molecule has 32 heavy (non-hydrogen) atoms. The average molecular weight is 449 g/mol. The number of rotatable bonds is 7. The Labute approximate surface area is 190 Å². The number of hydrogen-bond acceptors (Lipinski definition) is 7. The molecule has 178 valence electrons. The van der Waals surface area contributed by atoms with E-state index in [1.165, 1.54) is 7.11 Å². The molecule has 7 nitrogen and oxygen atoms in total. The Bertz CT molecular complexity index is 840. The quantitative estimate of drug-likeness (QED) is 0.336. The zero-order chi connectivity index (χ0) is 22.9. The third-order valence-electron chi connectivity index (χ3n) is 10.0. The smallest absolute Gasteiger partial charge is 0.309 e. The molecule has 0 unspecified atom stereocenters. The summed E-state index contributed by atoms with van der Waals surface area (Å²) in [4.78, 5) is 27.0. The summed E-state index contributed by atoms with van der Waals surface area (Å²) >= 11 is 0. The minimum Gasteiger partial charge on any atom is -0.469 e. The highest BCUT2D eigenvalue weighted by molar-refractivity contribution is 5.91. The molecule has 5 aliphatic carbocycles. The molecular formula is C25H36O7. The minimum absolute atomic E-state index is 0.0357. The van der Waals surface area contributed by atoms with Gasteiger partial charge in [0.1, 0.15) is 19.4 Å². The number of ketones is 1. The van der Waals surface area contributed by atoms with Gasteiger partial charge in [-0.15, -0.1) is 0 Å². The van der Waals surface area contributed by atoms with Gasteiger partial charge in [0.2, 0.25) is 0 Å². The summed E-state index contributed by atoms with van der Waals surface area (Å²) < 4.78 is 28.2. The van der Waals surface area contributed by atoms with Gasteiger partial charge in [-0.05, 0) is 66.8 Å². The maximum absolute atomic E-state index is 13.5. The molecule has 0 aromatic heterocycles. The van der Waals surface area contributed by atoms with Crippen LogP contribution in [0.5, 0.6) is 0 Å². The van der Waals surface area contributed by atoms with Crippen molar-refractivity contribution >= 4 is 11.8 Å². The van der Waals surface area contributed by atoms with Gasteiger partial charge in [-0.25, -0.2) is 0 Å². The van der Waals surface area contributed by atoms with E-state index in [9.17, 15) is 9.59 Å². The van der Waals surface area contributed by atoms with Crippen LogP contribution in [0.25, 0.3) is 0 Å². The Hall–Kier alpha value is -1.28. The van der Waals surface area contributed by atoms with Crippen LogP contribution < -0.4 is 0 Å². The SMILES string of the molecule is C=C1C[C@]23C[C@@]1(OCOC)CC[C@H]2[C@]12CC(=O)[C@](C)(C[C@@H](OCOC)C1)[C@H]2[C@@H]3C(=O)OC. The topological polar surface area (TPSA) is 80.3 Å². The van der Waals surface area contributed by atoms with Crippen LogP contribution in [-0.4, -0.2) is 58.4 Å². The summed E-state index contributed by atoms with van der Waals surface area (Å²) in [6.45, 7) is 6.91. The monoisotopic (exact) mass is 448 g/mol. The van der Waals surface area contributed by atoms with Crippen LogP contribution in [0.3, 0.4) is 0 Å². The molecule has 5 saturated carbocycles. The van der Waals surface area contributed by atoms with Crippen LogP contribution >= 0.6 is 0 Å². The van der Waals surface area contributed by atoms with E-state index in [2.05, 4.69) is 13.5 Å². The van der Waals surface area contributed by atoms with Gasteiger partial charge in [-0.2, -0.15) is 0 Å². The molecule has 0 heterocycles. The van der Waals surface area contributed by atoms with E-state index in [1.807, 2.05) is 0 Å². The molecule has 0 aromatic carbocycles. The normalized spacial score (nSPS) is 48.6. The average Bonchev–Trinajstić information content (AvgIpc) is 3.18. The molecule has 0 saturated heterocycles. The lowest BCUT2D eigenvalue weighted by Gasteiger charge is -2.49. The highest BCUT2D eigenvalue weighted by atomic mass is 16.7. The van der Waals surface area contributed by atoms with Gasteiger partial charge in [0.25, 0.3) is 0 Å². The molecule has 0 aliphatic heterocycles. The Morgan fingerprint density at radius 3 is 2.53 bits per heavy atom. The van der Waals surface area contributed by atoms with Crippen LogP contribution in [0.15, 0.2) is 12.2 Å². The zero-order valence-corrected chi connectivity index (χ0v) is 19.7. The maximum Gasteiger partial charge on any atom is 0.309 e. The number of Topliss-reactive ketones (excluding diaryl/α,β-unsaturated/α-hetero) is 1. The van der Waals surface area contributed by atoms with Crippen LogP contribution in [0.2, 0.25) is 0 Å². The van der Waals surface area contributed by atoms with E-state index in [1.54, 1.807) is 14.2 Å². The lowest BCUT2D eigenvalue weighted by Crippen LogP contribution is -2.48. The number of fused-ring (bicyclic) bond motifs is 1. The number of esters is 1. The minimum atomic E-state index is -0.596. The van der Waals surface area contributed by atoms with E-state index in [-0.39, 0.29) is 60.0 Å². The first-order valence-electron chi connectivity index (χ1n) is 11.8. The van der Waals surface area contributed by atoms with Gasteiger partial charge in [0, 0.05) is 26.1 Å². The first-order valence-corrected chi connectivity index (χ1v) is 11.8. The molecular weight excluding hydrogens is 412 g/mol. The van der Waals surface area contributed by atoms with Crippen molar-refractivity contribution < 1.29 is 33.3 Å². The van der Waals surface area contributed by atoms with Gasteiger partial charge in [-0.3, -0.25) is 9.59 Å². The molecule has 5 fully saturated rings. The molecule has 8 atom stereocenters. The predicted molar refractivity (Wildman–Crippen MR) is 114 cm³/mol. The Morgan fingerprint density at radius 2 is 1.84 bits per heavy atom. The fourth-order valence-electron chi connectivity index (χ4n) is 9.27. The van der Waals surface area contributed by atoms with Crippen molar-refractivity contribution in [3.63, 3.8) is 0 Å². The van der Waals surface area contributed by atoms with Gasteiger partial charge in [-0.1, -0.05) is 13.5 Å². The number of ether oxygens (including phenoxy) is 5. The van der Waals surface area contributed by atoms with E-state index in [4.69, 9.17) is 23.7 Å². The van der Waals surface area contributed by atoms with Gasteiger partial charge in [0.15, 0.2) is 0 Å². The Balaban J connectivity index is 1.62. The first kappa shape index (κ1) is 22.5. The second-order valence-electron chi connectivity index (χ2n) is 11.2. The second kappa shape index (κ2) is 7.36. The zero-order valence-electron chi connectivity index (χ0n) is 19.7. The van der Waals surface area contributed by atoms with Crippen LogP contribution in [-0.2, 0) is 33.3 Å². The van der Waals surface area contributed by atoms with Crippen LogP contribution in [0.1, 0.15) is 51.9 Å². The fourth-order valence-corrected chi connectivity index (χ4v) is 9.27. The van der Waals surface area contributed by atoms with Crippen LogP contribution in [0, 0.1) is 34.0 Å². The van der Waals surface area contributed by atoms with E-state index >= 15 is 0 Å². The summed E-state index contributed by atoms with van der Waals surface area (Å²) in [7, 11) is 4.72. The Morgan fingerprint density at radius 1 is 1.09 bits per heavy atom. The molecule has 7 heteroatoms. The van der Waals surface area contributed by atoms with Crippen molar-refractivity contribution in [1.29, 1.82) is 0 Å². The third kappa shape index (κ3) is 2.62. The van der Waals surface area contributed by atoms with Crippen molar-refractivity contribution in [3.05, 3.63) is 12.2 Å². The van der Waals surface area contributed by atoms with E-state index in [0.29, 0.717) is 12.8 Å². The molecule has 5 rings (SSSR count). The summed E-state index contributed by atoms with van der Waals surface area (Å²) in [5, 5.41) is 0. The van der Waals surface area contributed by atoms with Gasteiger partial charge in [0.05, 0.1) is 24.7 Å². The van der Waals surface area contributed by atoms with Gasteiger partial charge < -0.3 is 23.7 Å². The van der Waals surface area contributed by atoms with Crippen molar-refractivity contribution in [1.82, 2.24) is 0 Å². The van der Waals surface area contributed by atoms with Gasteiger partial charge >= 0.3 is 5.97 Å². The maximum atomic E-state index is 13.5. The lowest BCUT2D eigenvalue weighted by molar-refractivity contribution is -0.163. The molecule has 4 bridgehead atoms. The number of hydrogen-bond donors (Lipinski definition) is 0. The predicted octanol–water partition coefficient (Wildman–Crippen LogP) is 3.26.